The molecule has 0 atom stereocenters. The Kier molecular flexibility index (Phi) is 6.19. The van der Waals surface area contributed by atoms with E-state index in [0.29, 0.717) is 27.5 Å². The molecule has 3 rings (SSSR count). The Balaban J connectivity index is 1.83. The molecule has 3 aromatic rings. The molecule has 3 aromatic carbocycles. The predicted molar refractivity (Wildman–Crippen MR) is 122 cm³/mol. The summed E-state index contributed by atoms with van der Waals surface area (Å²) < 4.78 is 28.5. The average molecular weight is 443 g/mol. The number of benzene rings is 3. The number of sulfonamides is 1. The van der Waals surface area contributed by atoms with Crippen LogP contribution in [0.15, 0.2) is 59.5 Å². The number of amides is 1. The number of nitrogens with one attached hydrogen (secondary N) is 2. The van der Waals surface area contributed by atoms with Gasteiger partial charge in [-0.2, -0.15) is 0 Å². The Morgan fingerprint density at radius 1 is 0.833 bits per heavy atom. The Morgan fingerprint density at radius 2 is 1.43 bits per heavy atom. The Morgan fingerprint density at radius 3 is 2.00 bits per heavy atom. The normalized spacial score (nSPS) is 11.2. The highest BCUT2D eigenvalue weighted by molar-refractivity contribution is 7.92. The highest BCUT2D eigenvalue weighted by Crippen LogP contribution is 2.27. The van der Waals surface area contributed by atoms with Crippen molar-refractivity contribution in [3.8, 4) is 0 Å². The van der Waals surface area contributed by atoms with E-state index in [4.69, 9.17) is 11.6 Å². The van der Waals surface area contributed by atoms with Crippen LogP contribution in [0.3, 0.4) is 0 Å². The van der Waals surface area contributed by atoms with E-state index in [1.807, 2.05) is 32.9 Å². The number of hydrogen-bond acceptors (Lipinski definition) is 3. The molecular weight excluding hydrogens is 420 g/mol. The summed E-state index contributed by atoms with van der Waals surface area (Å²) in [5.74, 6) is -0.297. The molecule has 0 spiro atoms. The molecule has 0 radical (unpaired) electrons. The summed E-state index contributed by atoms with van der Waals surface area (Å²) in [6.07, 6.45) is 0. The van der Waals surface area contributed by atoms with Crippen molar-refractivity contribution >= 4 is 38.9 Å². The number of hydrogen-bond donors (Lipinski definition) is 2. The molecule has 0 fully saturated rings. The first-order valence-corrected chi connectivity index (χ1v) is 11.2. The third-order valence-corrected chi connectivity index (χ3v) is 6.38. The molecule has 0 aliphatic carbocycles. The summed E-state index contributed by atoms with van der Waals surface area (Å²) in [5, 5.41) is 3.35. The molecule has 156 valence electrons. The van der Waals surface area contributed by atoms with Gasteiger partial charge in [0, 0.05) is 16.3 Å². The van der Waals surface area contributed by atoms with Gasteiger partial charge < -0.3 is 5.32 Å². The molecule has 0 saturated carbocycles. The first-order chi connectivity index (χ1) is 14.1. The maximum Gasteiger partial charge on any atom is 0.261 e. The van der Waals surface area contributed by atoms with E-state index in [1.54, 1.807) is 43.3 Å². The smallest absolute Gasteiger partial charge is 0.261 e. The Bertz CT molecular complexity index is 1200. The van der Waals surface area contributed by atoms with Crippen LogP contribution >= 0.6 is 11.6 Å². The molecule has 0 aliphatic heterocycles. The van der Waals surface area contributed by atoms with Crippen LogP contribution in [0.25, 0.3) is 0 Å². The molecular formula is C23H23ClN2O3S. The third-order valence-electron chi connectivity index (χ3n) is 4.78. The van der Waals surface area contributed by atoms with Gasteiger partial charge in [-0.05, 0) is 86.8 Å². The molecule has 0 bridgehead atoms. The van der Waals surface area contributed by atoms with Crippen molar-refractivity contribution in [3.05, 3.63) is 87.4 Å². The van der Waals surface area contributed by atoms with E-state index in [-0.39, 0.29) is 10.8 Å². The van der Waals surface area contributed by atoms with Crippen molar-refractivity contribution in [3.63, 3.8) is 0 Å². The van der Waals surface area contributed by atoms with Gasteiger partial charge in [0.2, 0.25) is 0 Å². The van der Waals surface area contributed by atoms with Crippen LogP contribution < -0.4 is 10.0 Å². The number of halogens is 1. The second kappa shape index (κ2) is 8.50. The topological polar surface area (TPSA) is 75.3 Å². The lowest BCUT2D eigenvalue weighted by molar-refractivity contribution is 0.102. The molecule has 0 heterocycles. The van der Waals surface area contributed by atoms with E-state index in [0.717, 1.165) is 16.7 Å². The van der Waals surface area contributed by atoms with Crippen molar-refractivity contribution in [1.82, 2.24) is 0 Å². The van der Waals surface area contributed by atoms with E-state index >= 15 is 0 Å². The highest BCUT2D eigenvalue weighted by Gasteiger charge is 2.18. The van der Waals surface area contributed by atoms with Crippen molar-refractivity contribution in [2.45, 2.75) is 32.6 Å². The van der Waals surface area contributed by atoms with Gasteiger partial charge >= 0.3 is 0 Å². The minimum Gasteiger partial charge on any atom is -0.322 e. The van der Waals surface area contributed by atoms with Gasteiger partial charge in [0.05, 0.1) is 10.6 Å². The third kappa shape index (κ3) is 4.83. The second-order valence-electron chi connectivity index (χ2n) is 7.32. The van der Waals surface area contributed by atoms with Crippen LogP contribution in [0.5, 0.6) is 0 Å². The zero-order valence-corrected chi connectivity index (χ0v) is 18.8. The fraction of sp³-hybridized carbons (Fsp3) is 0.174. The summed E-state index contributed by atoms with van der Waals surface area (Å²) in [6, 6.07) is 15.0. The molecule has 2 N–H and O–H groups in total. The van der Waals surface area contributed by atoms with Gasteiger partial charge in [-0.1, -0.05) is 29.3 Å². The molecule has 0 aromatic heterocycles. The maximum absolute atomic E-state index is 12.9. The van der Waals surface area contributed by atoms with Crippen LogP contribution in [0.1, 0.15) is 32.6 Å². The van der Waals surface area contributed by atoms with Crippen LogP contribution in [0.4, 0.5) is 11.4 Å². The summed E-state index contributed by atoms with van der Waals surface area (Å²) >= 11 is 5.85. The highest BCUT2D eigenvalue weighted by atomic mass is 35.5. The van der Waals surface area contributed by atoms with Gasteiger partial charge in [0.1, 0.15) is 0 Å². The fourth-order valence-corrected chi connectivity index (χ4v) is 4.69. The summed E-state index contributed by atoms with van der Waals surface area (Å²) in [6.45, 7) is 7.47. The van der Waals surface area contributed by atoms with E-state index in [9.17, 15) is 13.2 Å². The lowest BCUT2D eigenvalue weighted by Gasteiger charge is -2.15. The summed E-state index contributed by atoms with van der Waals surface area (Å²) in [7, 11) is -3.77. The van der Waals surface area contributed by atoms with Crippen LogP contribution in [0.2, 0.25) is 5.02 Å². The standard InChI is InChI=1S/C23H23ClN2O3S/c1-14-11-16(3)22(17(4)12-14)26-30(28,29)20-9-10-21(15(2)13-20)25-23(27)18-5-7-19(24)8-6-18/h5-13,26H,1-4H3,(H,25,27). The van der Waals surface area contributed by atoms with Gasteiger partial charge in [-0.3, -0.25) is 9.52 Å². The molecule has 0 unspecified atom stereocenters. The minimum absolute atomic E-state index is 0.129. The average Bonchev–Trinajstić information content (AvgIpc) is 2.66. The molecule has 0 saturated heterocycles. The number of aryl methyl sites for hydroxylation is 4. The molecule has 30 heavy (non-hydrogen) atoms. The predicted octanol–water partition coefficient (Wildman–Crippen LogP) is 5.63. The summed E-state index contributed by atoms with van der Waals surface area (Å²) in [4.78, 5) is 12.5. The lowest BCUT2D eigenvalue weighted by atomic mass is 10.1. The zero-order chi connectivity index (χ0) is 22.1. The van der Waals surface area contributed by atoms with Gasteiger partial charge in [0.25, 0.3) is 15.9 Å². The Hall–Kier alpha value is -2.83. The largest absolute Gasteiger partial charge is 0.322 e. The molecule has 0 aliphatic rings. The van der Waals surface area contributed by atoms with Crippen LogP contribution in [0, 0.1) is 27.7 Å². The lowest BCUT2D eigenvalue weighted by Crippen LogP contribution is -2.16. The van der Waals surface area contributed by atoms with E-state index < -0.39 is 10.0 Å². The minimum atomic E-state index is -3.77. The maximum atomic E-state index is 12.9. The first kappa shape index (κ1) is 21.9. The van der Waals surface area contributed by atoms with Crippen molar-refractivity contribution in [1.29, 1.82) is 0 Å². The zero-order valence-electron chi connectivity index (χ0n) is 17.2. The van der Waals surface area contributed by atoms with Gasteiger partial charge in [0.15, 0.2) is 0 Å². The van der Waals surface area contributed by atoms with Gasteiger partial charge in [-0.15, -0.1) is 0 Å². The van der Waals surface area contributed by atoms with E-state index in [1.165, 1.54) is 6.07 Å². The van der Waals surface area contributed by atoms with Crippen molar-refractivity contribution in [2.75, 3.05) is 10.0 Å². The SMILES string of the molecule is Cc1cc(C)c(NS(=O)(=O)c2ccc(NC(=O)c3ccc(Cl)cc3)c(C)c2)c(C)c1. The number of carbonyl (C=O) groups is 1. The van der Waals surface area contributed by atoms with E-state index in [2.05, 4.69) is 10.0 Å². The van der Waals surface area contributed by atoms with Crippen molar-refractivity contribution in [2.24, 2.45) is 0 Å². The number of anilines is 2. The number of carbonyl (C=O) groups excluding carboxylic acids is 1. The van der Waals surface area contributed by atoms with Crippen molar-refractivity contribution < 1.29 is 13.2 Å². The van der Waals surface area contributed by atoms with Crippen LogP contribution in [-0.2, 0) is 10.0 Å². The summed E-state index contributed by atoms with van der Waals surface area (Å²) in [5.41, 5.74) is 5.01. The second-order valence-corrected chi connectivity index (χ2v) is 9.44. The molecule has 7 heteroatoms. The quantitative estimate of drug-likeness (QED) is 0.537. The Labute approximate surface area is 182 Å². The first-order valence-electron chi connectivity index (χ1n) is 9.35. The molecule has 1 amide bonds. The van der Waals surface area contributed by atoms with Gasteiger partial charge in [-0.25, -0.2) is 8.42 Å². The monoisotopic (exact) mass is 442 g/mol. The fourth-order valence-electron chi connectivity index (χ4n) is 3.27. The number of rotatable bonds is 5. The van der Waals surface area contributed by atoms with Crippen LogP contribution in [-0.4, -0.2) is 14.3 Å². The molecule has 5 nitrogen and oxygen atoms in total.